The fourth-order valence-corrected chi connectivity index (χ4v) is 3.82. The van der Waals surface area contributed by atoms with E-state index in [-0.39, 0.29) is 0 Å². The van der Waals surface area contributed by atoms with Crippen LogP contribution in [0.5, 0.6) is 5.75 Å². The van der Waals surface area contributed by atoms with Crippen molar-refractivity contribution in [1.29, 1.82) is 0 Å². The van der Waals surface area contributed by atoms with Gasteiger partial charge in [-0.2, -0.15) is 0 Å². The molecule has 3 rings (SSSR count). The molecule has 4 heteroatoms. The van der Waals surface area contributed by atoms with E-state index in [1.54, 1.807) is 7.11 Å². The average molecular weight is 325 g/mol. The van der Waals surface area contributed by atoms with Crippen molar-refractivity contribution < 1.29 is 4.74 Å². The molecule has 0 radical (unpaired) electrons. The second-order valence-electron chi connectivity index (χ2n) is 5.45. The molecule has 0 aromatic heterocycles. The van der Waals surface area contributed by atoms with Crippen molar-refractivity contribution in [3.63, 3.8) is 0 Å². The van der Waals surface area contributed by atoms with Gasteiger partial charge in [0, 0.05) is 31.4 Å². The molecular weight excluding hydrogens is 304 g/mol. The van der Waals surface area contributed by atoms with Gasteiger partial charge in [-0.3, -0.25) is 4.90 Å². The number of anilines is 1. The summed E-state index contributed by atoms with van der Waals surface area (Å²) in [6, 6.07) is 7.16. The Hall–Kier alpha value is -0.740. The van der Waals surface area contributed by atoms with Gasteiger partial charge in [0.2, 0.25) is 0 Å². The van der Waals surface area contributed by atoms with Gasteiger partial charge in [-0.05, 0) is 59.9 Å². The Labute approximate surface area is 123 Å². The second kappa shape index (κ2) is 5.71. The van der Waals surface area contributed by atoms with E-state index in [2.05, 4.69) is 43.9 Å². The zero-order valence-electron chi connectivity index (χ0n) is 11.4. The van der Waals surface area contributed by atoms with Gasteiger partial charge in [0.15, 0.2) is 0 Å². The lowest BCUT2D eigenvalue weighted by atomic mass is 10.2. The van der Waals surface area contributed by atoms with Gasteiger partial charge in [0.1, 0.15) is 5.75 Å². The monoisotopic (exact) mass is 324 g/mol. The van der Waals surface area contributed by atoms with E-state index in [1.165, 1.54) is 44.6 Å². The summed E-state index contributed by atoms with van der Waals surface area (Å²) in [5.74, 6) is 0.904. The number of rotatable bonds is 2. The highest BCUT2D eigenvalue weighted by Crippen LogP contribution is 2.31. The summed E-state index contributed by atoms with van der Waals surface area (Å²) in [5, 5.41) is 0. The molecule has 3 nitrogen and oxygen atoms in total. The van der Waals surface area contributed by atoms with E-state index in [1.807, 2.05) is 0 Å². The highest BCUT2D eigenvalue weighted by atomic mass is 79.9. The van der Waals surface area contributed by atoms with Crippen LogP contribution >= 0.6 is 15.9 Å². The standard InChI is InChI=1S/C15H21BrN2O/c1-19-15-6-5-12(10-14(15)16)18-9-3-8-17-7-2-4-13(17)11-18/h5-6,10,13H,2-4,7-9,11H2,1H3. The summed E-state index contributed by atoms with van der Waals surface area (Å²) >= 11 is 3.59. The number of ether oxygens (including phenoxy) is 1. The third kappa shape index (κ3) is 2.75. The molecule has 1 aromatic carbocycles. The minimum Gasteiger partial charge on any atom is -0.496 e. The molecule has 0 spiro atoms. The molecule has 0 amide bonds. The zero-order chi connectivity index (χ0) is 13.2. The molecule has 2 heterocycles. The van der Waals surface area contributed by atoms with Crippen LogP contribution < -0.4 is 9.64 Å². The number of halogens is 1. The quantitative estimate of drug-likeness (QED) is 0.831. The largest absolute Gasteiger partial charge is 0.496 e. The van der Waals surface area contributed by atoms with Gasteiger partial charge in [-0.1, -0.05) is 0 Å². The van der Waals surface area contributed by atoms with E-state index in [9.17, 15) is 0 Å². The zero-order valence-corrected chi connectivity index (χ0v) is 13.0. The van der Waals surface area contributed by atoms with Gasteiger partial charge in [0.05, 0.1) is 11.6 Å². The number of hydrogen-bond donors (Lipinski definition) is 0. The Morgan fingerprint density at radius 1 is 1.21 bits per heavy atom. The molecule has 2 fully saturated rings. The summed E-state index contributed by atoms with van der Waals surface area (Å²) < 4.78 is 6.35. The van der Waals surface area contributed by atoms with Gasteiger partial charge in [-0.15, -0.1) is 0 Å². The lowest BCUT2D eigenvalue weighted by Crippen LogP contribution is -2.36. The SMILES string of the molecule is COc1ccc(N2CCCN3CCCC3C2)cc1Br. The molecule has 0 saturated carbocycles. The lowest BCUT2D eigenvalue weighted by molar-refractivity contribution is 0.273. The molecule has 1 unspecified atom stereocenters. The summed E-state index contributed by atoms with van der Waals surface area (Å²) in [6.45, 7) is 4.88. The molecule has 19 heavy (non-hydrogen) atoms. The first-order valence-electron chi connectivity index (χ1n) is 7.10. The minimum atomic E-state index is 0.753. The van der Waals surface area contributed by atoms with Crippen LogP contribution in [0, 0.1) is 0 Å². The molecule has 1 aromatic rings. The molecule has 104 valence electrons. The van der Waals surface area contributed by atoms with Crippen molar-refractivity contribution in [1.82, 2.24) is 4.90 Å². The smallest absolute Gasteiger partial charge is 0.133 e. The fourth-order valence-electron chi connectivity index (χ4n) is 3.29. The first-order chi connectivity index (χ1) is 9.28. The minimum absolute atomic E-state index is 0.753. The van der Waals surface area contributed by atoms with Crippen LogP contribution in [0.2, 0.25) is 0 Å². The predicted octanol–water partition coefficient (Wildman–Crippen LogP) is 3.13. The normalized spacial score (nSPS) is 24.1. The van der Waals surface area contributed by atoms with Crippen molar-refractivity contribution in [3.8, 4) is 5.75 Å². The Morgan fingerprint density at radius 3 is 2.84 bits per heavy atom. The Morgan fingerprint density at radius 2 is 2.05 bits per heavy atom. The van der Waals surface area contributed by atoms with Crippen molar-refractivity contribution in [2.45, 2.75) is 25.3 Å². The first kappa shape index (κ1) is 13.3. The lowest BCUT2D eigenvalue weighted by Gasteiger charge is -2.27. The van der Waals surface area contributed by atoms with Crippen LogP contribution in [-0.2, 0) is 0 Å². The van der Waals surface area contributed by atoms with Gasteiger partial charge in [-0.25, -0.2) is 0 Å². The third-order valence-electron chi connectivity index (χ3n) is 4.30. The fraction of sp³-hybridized carbons (Fsp3) is 0.600. The third-order valence-corrected chi connectivity index (χ3v) is 4.92. The van der Waals surface area contributed by atoms with E-state index in [4.69, 9.17) is 4.74 Å². The molecule has 1 atom stereocenters. The predicted molar refractivity (Wildman–Crippen MR) is 82.1 cm³/mol. The molecule has 2 aliphatic rings. The van der Waals surface area contributed by atoms with E-state index >= 15 is 0 Å². The maximum Gasteiger partial charge on any atom is 0.133 e. The van der Waals surface area contributed by atoms with Crippen LogP contribution in [0.1, 0.15) is 19.3 Å². The highest BCUT2D eigenvalue weighted by Gasteiger charge is 2.28. The number of fused-ring (bicyclic) bond motifs is 1. The molecular formula is C15H21BrN2O. The van der Waals surface area contributed by atoms with Gasteiger partial charge >= 0.3 is 0 Å². The van der Waals surface area contributed by atoms with Crippen LogP contribution in [0.25, 0.3) is 0 Å². The van der Waals surface area contributed by atoms with Crippen LogP contribution in [-0.4, -0.2) is 44.2 Å². The number of hydrogen-bond acceptors (Lipinski definition) is 3. The molecule has 0 aliphatic carbocycles. The Kier molecular flexibility index (Phi) is 3.99. The highest BCUT2D eigenvalue weighted by molar-refractivity contribution is 9.10. The average Bonchev–Trinajstić information content (AvgIpc) is 2.76. The molecule has 0 bridgehead atoms. The molecule has 0 N–H and O–H groups in total. The topological polar surface area (TPSA) is 15.7 Å². The molecule has 2 saturated heterocycles. The first-order valence-corrected chi connectivity index (χ1v) is 7.90. The van der Waals surface area contributed by atoms with Gasteiger partial charge in [0.25, 0.3) is 0 Å². The number of benzene rings is 1. The van der Waals surface area contributed by atoms with Crippen LogP contribution in [0.4, 0.5) is 5.69 Å². The number of nitrogens with zero attached hydrogens (tertiary/aromatic N) is 2. The Balaban J connectivity index is 1.79. The maximum atomic E-state index is 5.31. The number of methoxy groups -OCH3 is 1. The summed E-state index contributed by atoms with van der Waals surface area (Å²) in [4.78, 5) is 5.19. The van der Waals surface area contributed by atoms with Crippen molar-refractivity contribution >= 4 is 21.6 Å². The summed E-state index contributed by atoms with van der Waals surface area (Å²) in [7, 11) is 1.71. The second-order valence-corrected chi connectivity index (χ2v) is 6.30. The molecule has 2 aliphatic heterocycles. The van der Waals surface area contributed by atoms with E-state index in [0.717, 1.165) is 22.8 Å². The summed E-state index contributed by atoms with van der Waals surface area (Å²) in [6.07, 6.45) is 3.98. The van der Waals surface area contributed by atoms with E-state index < -0.39 is 0 Å². The summed E-state index contributed by atoms with van der Waals surface area (Å²) in [5.41, 5.74) is 1.31. The maximum absolute atomic E-state index is 5.31. The van der Waals surface area contributed by atoms with E-state index in [0.29, 0.717) is 0 Å². The van der Waals surface area contributed by atoms with Crippen molar-refractivity contribution in [3.05, 3.63) is 22.7 Å². The van der Waals surface area contributed by atoms with Crippen molar-refractivity contribution in [2.75, 3.05) is 38.2 Å². The Bertz CT molecular complexity index is 452. The van der Waals surface area contributed by atoms with Crippen molar-refractivity contribution in [2.24, 2.45) is 0 Å². The van der Waals surface area contributed by atoms with Crippen LogP contribution in [0.15, 0.2) is 22.7 Å². The van der Waals surface area contributed by atoms with Gasteiger partial charge < -0.3 is 9.64 Å². The van der Waals surface area contributed by atoms with Crippen LogP contribution in [0.3, 0.4) is 0 Å².